The molecule has 0 aliphatic rings. The molecule has 110 valence electrons. The summed E-state index contributed by atoms with van der Waals surface area (Å²) in [6, 6.07) is 17.0. The van der Waals surface area contributed by atoms with Crippen molar-refractivity contribution in [3.8, 4) is 17.6 Å². The molecule has 0 spiro atoms. The smallest absolute Gasteiger partial charge is 0.385 e. The summed E-state index contributed by atoms with van der Waals surface area (Å²) in [5, 5.41) is 0. The van der Waals surface area contributed by atoms with Crippen LogP contribution in [0, 0.1) is 11.8 Å². The molecule has 2 rings (SSSR count). The average molecular weight is 292 g/mol. The first-order chi connectivity index (χ1) is 10.8. The van der Waals surface area contributed by atoms with E-state index in [1.165, 1.54) is 0 Å². The number of ether oxygens (including phenoxy) is 2. The molecule has 3 nitrogen and oxygen atoms in total. The zero-order valence-electron chi connectivity index (χ0n) is 12.3. The summed E-state index contributed by atoms with van der Waals surface area (Å²) in [4.78, 5) is 11.5. The predicted octanol–water partition coefficient (Wildman–Crippen LogP) is 3.30. The van der Waals surface area contributed by atoms with Crippen LogP contribution in [0.1, 0.15) is 11.1 Å². The van der Waals surface area contributed by atoms with Crippen LogP contribution in [-0.4, -0.2) is 19.7 Å². The second-order valence-corrected chi connectivity index (χ2v) is 4.39. The van der Waals surface area contributed by atoms with E-state index in [1.807, 2.05) is 36.4 Å². The van der Waals surface area contributed by atoms with Crippen LogP contribution in [0.3, 0.4) is 0 Å². The Balaban J connectivity index is 1.80. The van der Waals surface area contributed by atoms with Gasteiger partial charge in [0.25, 0.3) is 0 Å². The van der Waals surface area contributed by atoms with E-state index in [0.29, 0.717) is 0 Å². The fourth-order valence-electron chi connectivity index (χ4n) is 1.71. The molecule has 0 unspecified atom stereocenters. The molecule has 0 aromatic heterocycles. The lowest BCUT2D eigenvalue weighted by molar-refractivity contribution is -0.135. The maximum Gasteiger partial charge on any atom is 0.385 e. The van der Waals surface area contributed by atoms with Gasteiger partial charge in [0.2, 0.25) is 0 Å². The van der Waals surface area contributed by atoms with Crippen molar-refractivity contribution in [1.82, 2.24) is 0 Å². The Hall–Kier alpha value is -2.99. The Labute approximate surface area is 130 Å². The summed E-state index contributed by atoms with van der Waals surface area (Å²) < 4.78 is 10.1. The molecule has 0 aliphatic heterocycles. The van der Waals surface area contributed by atoms with E-state index in [4.69, 9.17) is 9.47 Å². The van der Waals surface area contributed by atoms with Gasteiger partial charge in [-0.1, -0.05) is 42.3 Å². The van der Waals surface area contributed by atoms with Crippen LogP contribution in [0.15, 0.2) is 60.7 Å². The highest BCUT2D eigenvalue weighted by Crippen LogP contribution is 2.10. The van der Waals surface area contributed by atoms with Gasteiger partial charge in [-0.3, -0.25) is 0 Å². The summed E-state index contributed by atoms with van der Waals surface area (Å²) in [5.74, 6) is 5.40. The summed E-state index contributed by atoms with van der Waals surface area (Å²) in [7, 11) is 1.60. The predicted molar refractivity (Wildman–Crippen MR) is 86.3 cm³/mol. The van der Waals surface area contributed by atoms with E-state index in [-0.39, 0.29) is 6.61 Å². The fraction of sp³-hybridized carbons (Fsp3) is 0.105. The molecule has 2 aromatic carbocycles. The van der Waals surface area contributed by atoms with Crippen molar-refractivity contribution >= 4 is 12.0 Å². The van der Waals surface area contributed by atoms with Crippen molar-refractivity contribution in [3.63, 3.8) is 0 Å². The third kappa shape index (κ3) is 5.18. The molecule has 0 saturated heterocycles. The van der Waals surface area contributed by atoms with Crippen LogP contribution >= 0.6 is 0 Å². The topological polar surface area (TPSA) is 35.5 Å². The highest BCUT2D eigenvalue weighted by molar-refractivity contribution is 5.89. The molecule has 22 heavy (non-hydrogen) atoms. The summed E-state index contributed by atoms with van der Waals surface area (Å²) in [5.41, 5.74) is 1.79. The van der Waals surface area contributed by atoms with Gasteiger partial charge in [-0.05, 0) is 35.9 Å². The third-order valence-corrected chi connectivity index (χ3v) is 2.82. The molecule has 0 bridgehead atoms. The van der Waals surface area contributed by atoms with E-state index < -0.39 is 5.97 Å². The molecule has 0 heterocycles. The molecule has 0 saturated carbocycles. The minimum absolute atomic E-state index is 0.199. The standard InChI is InChI=1S/C19H16O3/c1-21-18-12-9-17(10-13-18)11-14-19(20)22-15-5-8-16-6-3-2-4-7-16/h2-10,12-13H,15H2,1H3/b8-5+. The van der Waals surface area contributed by atoms with Gasteiger partial charge in [0.05, 0.1) is 7.11 Å². The molecule has 0 atom stereocenters. The van der Waals surface area contributed by atoms with Gasteiger partial charge in [-0.25, -0.2) is 4.79 Å². The Morgan fingerprint density at radius 2 is 1.82 bits per heavy atom. The molecular formula is C19H16O3. The molecule has 3 heteroatoms. The lowest BCUT2D eigenvalue weighted by Crippen LogP contribution is -2.00. The number of carbonyl (C=O) groups is 1. The SMILES string of the molecule is COc1ccc(C#CC(=O)OC/C=C/c2ccccc2)cc1. The maximum absolute atomic E-state index is 11.5. The van der Waals surface area contributed by atoms with E-state index in [1.54, 1.807) is 37.5 Å². The van der Waals surface area contributed by atoms with Crippen molar-refractivity contribution in [2.24, 2.45) is 0 Å². The minimum atomic E-state index is -0.548. The monoisotopic (exact) mass is 292 g/mol. The Bertz CT molecular complexity index is 689. The molecule has 0 N–H and O–H groups in total. The van der Waals surface area contributed by atoms with Gasteiger partial charge >= 0.3 is 5.97 Å². The van der Waals surface area contributed by atoms with Crippen LogP contribution in [0.5, 0.6) is 5.75 Å². The van der Waals surface area contributed by atoms with Crippen LogP contribution < -0.4 is 4.74 Å². The Kier molecular flexibility index (Phi) is 5.83. The molecule has 0 fully saturated rings. The number of benzene rings is 2. The first kappa shape index (κ1) is 15.4. The average Bonchev–Trinajstić information content (AvgIpc) is 2.58. The van der Waals surface area contributed by atoms with Crippen LogP contribution in [0.25, 0.3) is 6.08 Å². The number of hydrogen-bond acceptors (Lipinski definition) is 3. The van der Waals surface area contributed by atoms with Crippen molar-refractivity contribution < 1.29 is 14.3 Å². The number of carbonyl (C=O) groups excluding carboxylic acids is 1. The van der Waals surface area contributed by atoms with E-state index in [0.717, 1.165) is 16.9 Å². The van der Waals surface area contributed by atoms with Crippen molar-refractivity contribution in [2.45, 2.75) is 0 Å². The summed E-state index contributed by atoms with van der Waals surface area (Å²) in [6.45, 7) is 0.199. The number of hydrogen-bond donors (Lipinski definition) is 0. The Morgan fingerprint density at radius 3 is 2.50 bits per heavy atom. The van der Waals surface area contributed by atoms with Crippen molar-refractivity contribution in [1.29, 1.82) is 0 Å². The van der Waals surface area contributed by atoms with Gasteiger partial charge in [0.1, 0.15) is 12.4 Å². The number of rotatable bonds is 4. The van der Waals surface area contributed by atoms with Gasteiger partial charge in [0.15, 0.2) is 0 Å². The Morgan fingerprint density at radius 1 is 1.09 bits per heavy atom. The summed E-state index contributed by atoms with van der Waals surface area (Å²) >= 11 is 0. The van der Waals surface area contributed by atoms with Crippen LogP contribution in [0.2, 0.25) is 0 Å². The lowest BCUT2D eigenvalue weighted by Gasteiger charge is -1.97. The number of methoxy groups -OCH3 is 1. The second-order valence-electron chi connectivity index (χ2n) is 4.39. The zero-order valence-corrected chi connectivity index (χ0v) is 12.3. The highest BCUT2D eigenvalue weighted by Gasteiger charge is 1.95. The van der Waals surface area contributed by atoms with E-state index in [9.17, 15) is 4.79 Å². The molecular weight excluding hydrogens is 276 g/mol. The zero-order chi connectivity index (χ0) is 15.6. The lowest BCUT2D eigenvalue weighted by atomic mass is 10.2. The van der Waals surface area contributed by atoms with Gasteiger partial charge < -0.3 is 9.47 Å². The first-order valence-electron chi connectivity index (χ1n) is 6.82. The fourth-order valence-corrected chi connectivity index (χ4v) is 1.71. The molecule has 2 aromatic rings. The van der Waals surface area contributed by atoms with Crippen molar-refractivity contribution in [3.05, 3.63) is 71.8 Å². The normalized spacial score (nSPS) is 9.86. The van der Waals surface area contributed by atoms with Crippen LogP contribution in [0.4, 0.5) is 0 Å². The van der Waals surface area contributed by atoms with Gasteiger partial charge in [0, 0.05) is 11.5 Å². The van der Waals surface area contributed by atoms with Gasteiger partial charge in [-0.15, -0.1) is 0 Å². The minimum Gasteiger partial charge on any atom is -0.497 e. The van der Waals surface area contributed by atoms with Crippen molar-refractivity contribution in [2.75, 3.05) is 13.7 Å². The quantitative estimate of drug-likeness (QED) is 0.640. The first-order valence-corrected chi connectivity index (χ1v) is 6.82. The molecule has 0 radical (unpaired) electrons. The van der Waals surface area contributed by atoms with E-state index in [2.05, 4.69) is 11.8 Å². The molecule has 0 amide bonds. The van der Waals surface area contributed by atoms with Gasteiger partial charge in [-0.2, -0.15) is 0 Å². The number of esters is 1. The van der Waals surface area contributed by atoms with E-state index >= 15 is 0 Å². The highest BCUT2D eigenvalue weighted by atomic mass is 16.5. The third-order valence-electron chi connectivity index (χ3n) is 2.82. The largest absolute Gasteiger partial charge is 0.497 e. The van der Waals surface area contributed by atoms with Crippen LogP contribution in [-0.2, 0) is 9.53 Å². The molecule has 0 aliphatic carbocycles. The second kappa shape index (κ2) is 8.33. The summed E-state index contributed by atoms with van der Waals surface area (Å²) in [6.07, 6.45) is 3.67. The maximum atomic E-state index is 11.5.